The second kappa shape index (κ2) is 14.0. The zero-order valence-electron chi connectivity index (χ0n) is 21.1. The van der Waals surface area contributed by atoms with Crippen LogP contribution in [0.3, 0.4) is 0 Å². The van der Waals surface area contributed by atoms with Crippen molar-refractivity contribution in [2.24, 2.45) is 11.0 Å². The molecule has 0 radical (unpaired) electrons. The van der Waals surface area contributed by atoms with Crippen molar-refractivity contribution in [1.29, 1.82) is 0 Å². The monoisotopic (exact) mass is 575 g/mol. The number of nitrogens with zero attached hydrogens (tertiary/aromatic N) is 1. The largest absolute Gasteiger partial charge is 0.490 e. The minimum Gasteiger partial charge on any atom is -0.490 e. The second-order valence-corrected chi connectivity index (χ2v) is 9.82. The Hall–Kier alpha value is -3.26. The number of rotatable bonds is 11. The number of halogens is 3. The van der Waals surface area contributed by atoms with Crippen molar-refractivity contribution in [3.63, 3.8) is 0 Å². The van der Waals surface area contributed by atoms with E-state index in [-0.39, 0.29) is 12.5 Å². The molecule has 10 heteroatoms. The van der Waals surface area contributed by atoms with Gasteiger partial charge in [-0.1, -0.05) is 66.8 Å². The normalized spacial score (nSPS) is 11.9. The lowest BCUT2D eigenvalue weighted by atomic mass is 10.0. The minimum atomic E-state index is -0.814. The molecule has 0 spiro atoms. The van der Waals surface area contributed by atoms with E-state index in [0.717, 1.165) is 5.56 Å². The molecule has 3 rings (SSSR count). The highest BCUT2D eigenvalue weighted by atomic mass is 35.5. The molecule has 2 N–H and O–H groups in total. The van der Waals surface area contributed by atoms with Crippen LogP contribution in [0.5, 0.6) is 11.5 Å². The fourth-order valence-corrected chi connectivity index (χ4v) is 4.11. The summed E-state index contributed by atoms with van der Waals surface area (Å²) in [6.07, 6.45) is 1.48. The summed E-state index contributed by atoms with van der Waals surface area (Å²) in [6, 6.07) is 16.3. The maximum Gasteiger partial charge on any atom is 0.262 e. The van der Waals surface area contributed by atoms with Crippen LogP contribution in [0.2, 0.25) is 15.1 Å². The summed E-state index contributed by atoms with van der Waals surface area (Å²) in [4.78, 5) is 25.4. The number of carbonyl (C=O) groups is 2. The molecule has 0 aromatic heterocycles. The van der Waals surface area contributed by atoms with Crippen LogP contribution in [0, 0.1) is 5.92 Å². The summed E-state index contributed by atoms with van der Waals surface area (Å²) in [5, 5.41) is 8.15. The molecule has 0 bridgehead atoms. The van der Waals surface area contributed by atoms with E-state index in [1.165, 1.54) is 6.21 Å². The summed E-state index contributed by atoms with van der Waals surface area (Å²) in [5.41, 5.74) is 4.24. The van der Waals surface area contributed by atoms with Gasteiger partial charge in [-0.05, 0) is 60.9 Å². The van der Waals surface area contributed by atoms with Gasteiger partial charge in [-0.15, -0.1) is 0 Å². The van der Waals surface area contributed by atoms with E-state index < -0.39 is 17.9 Å². The van der Waals surface area contributed by atoms with Gasteiger partial charge in [0, 0.05) is 15.6 Å². The predicted octanol–water partition coefficient (Wildman–Crippen LogP) is 6.53. The van der Waals surface area contributed by atoms with Crippen molar-refractivity contribution in [3.05, 3.63) is 92.4 Å². The van der Waals surface area contributed by atoms with E-state index in [4.69, 9.17) is 44.3 Å². The van der Waals surface area contributed by atoms with Crippen molar-refractivity contribution < 1.29 is 19.1 Å². The van der Waals surface area contributed by atoms with Crippen molar-refractivity contribution in [2.45, 2.75) is 33.4 Å². The molecule has 1 unspecified atom stereocenters. The molecular weight excluding hydrogens is 549 g/mol. The van der Waals surface area contributed by atoms with Gasteiger partial charge < -0.3 is 14.8 Å². The fourth-order valence-electron chi connectivity index (χ4n) is 3.43. The zero-order valence-corrected chi connectivity index (χ0v) is 23.4. The number of nitrogens with one attached hydrogen (secondary N) is 2. The van der Waals surface area contributed by atoms with Crippen LogP contribution in [0.15, 0.2) is 65.8 Å². The number of benzene rings is 3. The minimum absolute atomic E-state index is 0.188. The van der Waals surface area contributed by atoms with Crippen LogP contribution in [0.4, 0.5) is 0 Å². The van der Waals surface area contributed by atoms with Crippen LogP contribution in [-0.2, 0) is 11.4 Å². The molecule has 0 aliphatic carbocycles. The number of hydrazone groups is 1. The molecule has 1 atom stereocenters. The van der Waals surface area contributed by atoms with Gasteiger partial charge >= 0.3 is 0 Å². The maximum atomic E-state index is 12.8. The number of hydrogen-bond acceptors (Lipinski definition) is 5. The molecular formula is C28H28Cl3N3O4. The maximum absolute atomic E-state index is 12.8. The third kappa shape index (κ3) is 8.12. The Morgan fingerprint density at radius 2 is 1.71 bits per heavy atom. The summed E-state index contributed by atoms with van der Waals surface area (Å²) < 4.78 is 11.6. The first-order valence-corrected chi connectivity index (χ1v) is 13.0. The van der Waals surface area contributed by atoms with Crippen molar-refractivity contribution in [3.8, 4) is 11.5 Å². The first-order chi connectivity index (χ1) is 18.2. The average Bonchev–Trinajstić information content (AvgIpc) is 2.87. The van der Waals surface area contributed by atoms with Crippen molar-refractivity contribution in [1.82, 2.24) is 10.7 Å². The molecule has 0 saturated heterocycles. The van der Waals surface area contributed by atoms with Gasteiger partial charge in [0.25, 0.3) is 11.8 Å². The molecule has 7 nitrogen and oxygen atoms in total. The molecule has 0 heterocycles. The first-order valence-electron chi connectivity index (χ1n) is 11.9. The molecule has 3 aromatic rings. The molecule has 0 fully saturated rings. The smallest absolute Gasteiger partial charge is 0.262 e. The highest BCUT2D eigenvalue weighted by molar-refractivity contribution is 6.35. The van der Waals surface area contributed by atoms with E-state index in [1.54, 1.807) is 60.7 Å². The number of carbonyl (C=O) groups excluding carboxylic acids is 2. The molecule has 38 heavy (non-hydrogen) atoms. The molecule has 0 saturated carbocycles. The molecule has 0 aliphatic heterocycles. The third-order valence-corrected chi connectivity index (χ3v) is 6.33. The van der Waals surface area contributed by atoms with E-state index in [0.29, 0.717) is 44.3 Å². The van der Waals surface area contributed by atoms with Gasteiger partial charge in [-0.25, -0.2) is 5.43 Å². The molecule has 200 valence electrons. The first kappa shape index (κ1) is 29.3. The van der Waals surface area contributed by atoms with E-state index >= 15 is 0 Å². The Morgan fingerprint density at radius 1 is 0.947 bits per heavy atom. The van der Waals surface area contributed by atoms with Crippen LogP contribution in [0.1, 0.15) is 42.3 Å². The van der Waals surface area contributed by atoms with E-state index in [9.17, 15) is 9.59 Å². The van der Waals surface area contributed by atoms with Crippen LogP contribution >= 0.6 is 34.8 Å². The number of amides is 2. The SMILES string of the molecule is CCOc1cc(/C=N/NC(=O)C(NC(=O)c2ccccc2Cl)C(C)C)ccc1OCc1ccc(Cl)cc1Cl. The zero-order chi connectivity index (χ0) is 27.7. The lowest BCUT2D eigenvalue weighted by Crippen LogP contribution is -2.48. The Bertz CT molecular complexity index is 1310. The Balaban J connectivity index is 1.65. The van der Waals surface area contributed by atoms with Gasteiger partial charge in [-0.2, -0.15) is 5.10 Å². The average molecular weight is 577 g/mol. The molecule has 0 aliphatic rings. The Morgan fingerprint density at radius 3 is 2.39 bits per heavy atom. The lowest BCUT2D eigenvalue weighted by molar-refractivity contribution is -0.123. The van der Waals surface area contributed by atoms with Gasteiger partial charge in [0.05, 0.1) is 23.4 Å². The fraction of sp³-hybridized carbons (Fsp3) is 0.250. The number of hydrogen-bond donors (Lipinski definition) is 2. The standard InChI is InChI=1S/C28H28Cl3N3O4/c1-4-37-25-13-18(9-12-24(25)38-16-19-10-11-20(29)14-23(19)31)15-32-34-28(36)26(17(2)3)33-27(35)21-7-5-6-8-22(21)30/h5-15,17,26H,4,16H2,1-3H3,(H,33,35)(H,34,36)/b32-15+. The van der Waals surface area contributed by atoms with Gasteiger partial charge in [0.15, 0.2) is 11.5 Å². The quantitative estimate of drug-likeness (QED) is 0.201. The van der Waals surface area contributed by atoms with Crippen molar-refractivity contribution in [2.75, 3.05) is 6.61 Å². The van der Waals surface area contributed by atoms with E-state index in [2.05, 4.69) is 15.8 Å². The molecule has 3 aromatic carbocycles. The Labute approximate surface area is 237 Å². The third-order valence-electron chi connectivity index (χ3n) is 5.41. The van der Waals surface area contributed by atoms with Crippen LogP contribution < -0.4 is 20.2 Å². The second-order valence-electron chi connectivity index (χ2n) is 8.57. The number of ether oxygens (including phenoxy) is 2. The summed E-state index contributed by atoms with van der Waals surface area (Å²) in [6.45, 7) is 6.17. The molecule has 2 amide bonds. The van der Waals surface area contributed by atoms with Crippen molar-refractivity contribution >= 4 is 52.8 Å². The highest BCUT2D eigenvalue weighted by Gasteiger charge is 2.25. The predicted molar refractivity (Wildman–Crippen MR) is 152 cm³/mol. The van der Waals surface area contributed by atoms with Gasteiger partial charge in [0.1, 0.15) is 12.6 Å². The summed E-state index contributed by atoms with van der Waals surface area (Å²) in [7, 11) is 0. The van der Waals surface area contributed by atoms with Crippen LogP contribution in [0.25, 0.3) is 0 Å². The van der Waals surface area contributed by atoms with Gasteiger partial charge in [-0.3, -0.25) is 9.59 Å². The van der Waals surface area contributed by atoms with Crippen LogP contribution in [-0.4, -0.2) is 30.7 Å². The summed E-state index contributed by atoms with van der Waals surface area (Å²) >= 11 is 18.3. The Kier molecular flexibility index (Phi) is 10.8. The topological polar surface area (TPSA) is 89.0 Å². The highest BCUT2D eigenvalue weighted by Crippen LogP contribution is 2.30. The summed E-state index contributed by atoms with van der Waals surface area (Å²) in [5.74, 6) is -0.0420. The lowest BCUT2D eigenvalue weighted by Gasteiger charge is -2.20. The van der Waals surface area contributed by atoms with Gasteiger partial charge in [0.2, 0.25) is 0 Å². The van der Waals surface area contributed by atoms with E-state index in [1.807, 2.05) is 20.8 Å².